The molecule has 254 valence electrons. The lowest BCUT2D eigenvalue weighted by Gasteiger charge is -2.18. The molecule has 0 aliphatic carbocycles. The summed E-state index contributed by atoms with van der Waals surface area (Å²) in [4.78, 5) is 7.86. The van der Waals surface area contributed by atoms with Crippen molar-refractivity contribution < 1.29 is 0 Å². The van der Waals surface area contributed by atoms with Crippen LogP contribution in [0.4, 0.5) is 11.4 Å². The largest absolute Gasteiger partial charge is 0.310 e. The quantitative estimate of drug-likeness (QED) is 0.163. The first kappa shape index (κ1) is 30.7. The molecule has 0 fully saturated rings. The molecule has 11 aromatic rings. The summed E-state index contributed by atoms with van der Waals surface area (Å²) >= 11 is 0. The van der Waals surface area contributed by atoms with E-state index in [1.807, 2.05) is 36.4 Å². The van der Waals surface area contributed by atoms with E-state index < -0.39 is 0 Å². The first-order valence-corrected chi connectivity index (χ1v) is 18.3. The second-order valence-corrected chi connectivity index (χ2v) is 13.9. The second kappa shape index (κ2) is 11.8. The molecule has 0 unspecified atom stereocenters. The Labute approximate surface area is 316 Å². The summed E-state index contributed by atoms with van der Waals surface area (Å²) in [5.74, 6) is 0. The molecule has 0 spiro atoms. The highest BCUT2D eigenvalue weighted by atomic mass is 15.1. The van der Waals surface area contributed by atoms with Gasteiger partial charge < -0.3 is 13.7 Å². The van der Waals surface area contributed by atoms with Gasteiger partial charge in [0.15, 0.2) is 11.4 Å². The smallest absolute Gasteiger partial charge is 0.195 e. The summed E-state index contributed by atoms with van der Waals surface area (Å²) < 4.78 is 7.01. The average molecular weight is 700 g/mol. The zero-order chi connectivity index (χ0) is 36.6. The van der Waals surface area contributed by atoms with Gasteiger partial charge in [-0.3, -0.25) is 0 Å². The number of rotatable bonds is 4. The van der Waals surface area contributed by atoms with Crippen LogP contribution in [0.3, 0.4) is 0 Å². The van der Waals surface area contributed by atoms with Gasteiger partial charge in [-0.1, -0.05) is 121 Å². The highest BCUT2D eigenvalue weighted by Gasteiger charge is 2.22. The number of benzene rings is 8. The third-order valence-electron chi connectivity index (χ3n) is 11.1. The fourth-order valence-electron chi connectivity index (χ4n) is 8.79. The number of aromatic nitrogens is 3. The summed E-state index contributed by atoms with van der Waals surface area (Å²) in [6, 6.07) is 61.3. The van der Waals surface area contributed by atoms with Crippen LogP contribution >= 0.6 is 0 Å². The van der Waals surface area contributed by atoms with Gasteiger partial charge in [-0.15, -0.1) is 0 Å². The number of para-hydroxylation sites is 6. The van der Waals surface area contributed by atoms with Crippen LogP contribution in [0.1, 0.15) is 0 Å². The normalized spacial score (nSPS) is 11.6. The molecule has 55 heavy (non-hydrogen) atoms. The lowest BCUT2D eigenvalue weighted by atomic mass is 10.0. The molecule has 0 saturated heterocycles. The number of hydrogen-bond acceptors (Lipinski definition) is 0. The number of hydrogen-bond donors (Lipinski definition) is 0. The van der Waals surface area contributed by atoms with E-state index in [0.717, 1.165) is 82.8 Å². The Bertz CT molecular complexity index is 3420. The maximum absolute atomic E-state index is 8.36. The minimum absolute atomic E-state index is 0.571. The van der Waals surface area contributed by atoms with Crippen LogP contribution in [-0.4, -0.2) is 13.7 Å². The van der Waals surface area contributed by atoms with Crippen molar-refractivity contribution in [3.63, 3.8) is 0 Å². The van der Waals surface area contributed by atoms with Crippen LogP contribution in [-0.2, 0) is 0 Å². The lowest BCUT2D eigenvalue weighted by molar-refractivity contribution is 1.13. The Hall–Kier alpha value is -7.86. The third kappa shape index (κ3) is 4.39. The molecule has 0 amide bonds. The van der Waals surface area contributed by atoms with E-state index >= 15 is 0 Å². The Kier molecular flexibility index (Phi) is 6.61. The van der Waals surface area contributed by atoms with Crippen LogP contribution in [0.5, 0.6) is 0 Å². The van der Waals surface area contributed by atoms with E-state index in [-0.39, 0.29) is 0 Å². The van der Waals surface area contributed by atoms with Gasteiger partial charge in [-0.05, 0) is 65.7 Å². The molecular formula is C50H29N5. The van der Waals surface area contributed by atoms with Gasteiger partial charge in [0.1, 0.15) is 0 Å². The molecular weight excluding hydrogens is 671 g/mol. The van der Waals surface area contributed by atoms with E-state index in [2.05, 4.69) is 163 Å². The molecule has 0 bridgehead atoms. The molecule has 0 saturated carbocycles. The highest BCUT2D eigenvalue weighted by molar-refractivity contribution is 6.15. The van der Waals surface area contributed by atoms with Crippen molar-refractivity contribution in [3.05, 3.63) is 199 Å². The summed E-state index contributed by atoms with van der Waals surface area (Å²) in [5, 5.41) is 6.95. The minimum atomic E-state index is 0.571. The zero-order valence-corrected chi connectivity index (χ0v) is 29.5. The molecule has 3 aromatic heterocycles. The van der Waals surface area contributed by atoms with E-state index in [1.54, 1.807) is 0 Å². The summed E-state index contributed by atoms with van der Waals surface area (Å²) in [6.07, 6.45) is 0. The predicted molar refractivity (Wildman–Crippen MR) is 227 cm³/mol. The van der Waals surface area contributed by atoms with Crippen LogP contribution in [0, 0.1) is 13.1 Å². The minimum Gasteiger partial charge on any atom is -0.310 e. The fraction of sp³-hybridized carbons (Fsp3) is 0. The molecule has 3 heterocycles. The topological polar surface area (TPSA) is 23.5 Å². The molecule has 8 aromatic carbocycles. The monoisotopic (exact) mass is 699 g/mol. The summed E-state index contributed by atoms with van der Waals surface area (Å²) in [7, 11) is 0. The Balaban J connectivity index is 1.22. The first-order valence-electron chi connectivity index (χ1n) is 18.3. The first-order chi connectivity index (χ1) is 27.2. The second-order valence-electron chi connectivity index (χ2n) is 13.9. The van der Waals surface area contributed by atoms with Gasteiger partial charge in [0.2, 0.25) is 0 Å². The molecule has 0 radical (unpaired) electrons. The van der Waals surface area contributed by atoms with Crippen LogP contribution < -0.4 is 0 Å². The molecule has 5 heteroatoms. The number of nitrogens with zero attached hydrogens (tertiary/aromatic N) is 5. The number of fused-ring (bicyclic) bond motifs is 9. The van der Waals surface area contributed by atoms with Crippen LogP contribution in [0.15, 0.2) is 176 Å². The van der Waals surface area contributed by atoms with Crippen molar-refractivity contribution in [1.29, 1.82) is 0 Å². The summed E-state index contributed by atoms with van der Waals surface area (Å²) in [6.45, 7) is 16.1. The highest BCUT2D eigenvalue weighted by Crippen LogP contribution is 2.43. The fourth-order valence-corrected chi connectivity index (χ4v) is 8.79. The molecule has 5 nitrogen and oxygen atoms in total. The van der Waals surface area contributed by atoms with E-state index in [4.69, 9.17) is 13.1 Å². The summed E-state index contributed by atoms with van der Waals surface area (Å²) in [5.41, 5.74) is 12.4. The van der Waals surface area contributed by atoms with E-state index in [9.17, 15) is 0 Å². The Morgan fingerprint density at radius 2 is 0.855 bits per heavy atom. The maximum atomic E-state index is 8.36. The van der Waals surface area contributed by atoms with Crippen molar-refractivity contribution in [1.82, 2.24) is 13.7 Å². The maximum Gasteiger partial charge on any atom is 0.195 e. The van der Waals surface area contributed by atoms with E-state index in [1.165, 1.54) is 10.8 Å². The molecule has 0 aliphatic rings. The molecule has 0 aliphatic heterocycles. The SMILES string of the molecule is [C-]#[N+]c1ccc2c3ccccc3n(-c3ccccc3-c3cc(-n4c5ccccc5c5cccc(-n6c7ccccc7c7ccccc76)c54)ccc3[N+]#[C-])c2c1. The molecule has 0 atom stereocenters. The van der Waals surface area contributed by atoms with Crippen molar-refractivity contribution >= 4 is 76.8 Å². The van der Waals surface area contributed by atoms with Crippen LogP contribution in [0.2, 0.25) is 0 Å². The van der Waals surface area contributed by atoms with Crippen molar-refractivity contribution in [3.8, 4) is 28.2 Å². The average Bonchev–Trinajstić information content (AvgIpc) is 3.89. The Morgan fingerprint density at radius 1 is 0.345 bits per heavy atom. The zero-order valence-electron chi connectivity index (χ0n) is 29.5. The van der Waals surface area contributed by atoms with E-state index in [0.29, 0.717) is 11.4 Å². The van der Waals surface area contributed by atoms with Gasteiger partial charge in [-0.2, -0.15) is 0 Å². The van der Waals surface area contributed by atoms with Crippen molar-refractivity contribution in [2.24, 2.45) is 0 Å². The molecule has 0 N–H and O–H groups in total. The van der Waals surface area contributed by atoms with Gasteiger partial charge >= 0.3 is 0 Å². The third-order valence-corrected chi connectivity index (χ3v) is 11.1. The van der Waals surface area contributed by atoms with Crippen molar-refractivity contribution in [2.75, 3.05) is 0 Å². The van der Waals surface area contributed by atoms with Gasteiger partial charge in [-0.25, -0.2) is 9.69 Å². The molecule has 11 rings (SSSR count). The van der Waals surface area contributed by atoms with Gasteiger partial charge in [0.25, 0.3) is 0 Å². The standard InChI is InChI=1S/C50H29N5/c1-51-32-26-28-39-36-16-5-11-23-46(36)55(49(39)30-32)47-24-12-7-18-38(47)41-31-33(27-29-42(41)52-2)53-43-20-8-6-17-37(43)40-19-13-25-48(50(40)53)54-44-21-9-3-14-34(44)35-15-4-10-22-45(35)54/h3-31H. The van der Waals surface area contributed by atoms with Crippen molar-refractivity contribution in [2.45, 2.75) is 0 Å². The predicted octanol–water partition coefficient (Wildman–Crippen LogP) is 13.7. The van der Waals surface area contributed by atoms with Gasteiger partial charge in [0, 0.05) is 43.5 Å². The lowest BCUT2D eigenvalue weighted by Crippen LogP contribution is -2.01. The van der Waals surface area contributed by atoms with Crippen LogP contribution in [0.25, 0.3) is 103 Å². The Morgan fingerprint density at radius 3 is 1.49 bits per heavy atom. The van der Waals surface area contributed by atoms with Gasteiger partial charge in [0.05, 0.1) is 52.1 Å².